The lowest BCUT2D eigenvalue weighted by Gasteiger charge is -2.00. The number of hydrogen-bond acceptors (Lipinski definition) is 3. The Morgan fingerprint density at radius 2 is 2.17 bits per heavy atom. The molecule has 3 aromatic rings. The molecule has 0 amide bonds. The number of aromatic nitrogens is 5. The van der Waals surface area contributed by atoms with Crippen molar-refractivity contribution < 1.29 is 0 Å². The molecule has 0 saturated carbocycles. The number of pyridine rings is 1. The first kappa shape index (κ1) is 9.82. The first-order valence-electron chi connectivity index (χ1n) is 6.16. The van der Waals surface area contributed by atoms with Gasteiger partial charge >= 0.3 is 0 Å². The van der Waals surface area contributed by atoms with Gasteiger partial charge in [-0.1, -0.05) is 0 Å². The number of imidazole rings is 1. The summed E-state index contributed by atoms with van der Waals surface area (Å²) in [5, 5.41) is 4.19. The lowest BCUT2D eigenvalue weighted by Crippen LogP contribution is -1.94. The Kier molecular flexibility index (Phi) is 1.86. The molecule has 0 atom stereocenters. The molecule has 0 unspecified atom stereocenters. The molecule has 4 heterocycles. The molecule has 0 fully saturated rings. The largest absolute Gasteiger partial charge is 0.313 e. The molecule has 1 aliphatic rings. The van der Waals surface area contributed by atoms with E-state index in [0.29, 0.717) is 0 Å². The van der Waals surface area contributed by atoms with Gasteiger partial charge in [0, 0.05) is 31.8 Å². The van der Waals surface area contributed by atoms with Crippen LogP contribution in [0.1, 0.15) is 12.2 Å². The van der Waals surface area contributed by atoms with Crippen molar-refractivity contribution in [2.75, 3.05) is 0 Å². The number of aryl methyl sites for hydroxylation is 3. The van der Waals surface area contributed by atoms with Crippen molar-refractivity contribution in [3.8, 4) is 11.3 Å². The van der Waals surface area contributed by atoms with Gasteiger partial charge in [-0.3, -0.25) is 4.68 Å². The van der Waals surface area contributed by atoms with Crippen LogP contribution in [-0.2, 0) is 20.0 Å². The third-order valence-corrected chi connectivity index (χ3v) is 3.45. The first-order valence-corrected chi connectivity index (χ1v) is 6.16. The van der Waals surface area contributed by atoms with Crippen LogP contribution in [0.5, 0.6) is 0 Å². The van der Waals surface area contributed by atoms with Crippen LogP contribution in [0.2, 0.25) is 0 Å². The summed E-state index contributed by atoms with van der Waals surface area (Å²) in [6.07, 6.45) is 6.07. The Morgan fingerprint density at radius 3 is 3.00 bits per heavy atom. The predicted molar refractivity (Wildman–Crippen MR) is 68.1 cm³/mol. The van der Waals surface area contributed by atoms with Crippen molar-refractivity contribution in [2.45, 2.75) is 19.4 Å². The Labute approximate surface area is 104 Å². The van der Waals surface area contributed by atoms with Gasteiger partial charge in [0.15, 0.2) is 5.65 Å². The first-order chi connectivity index (χ1) is 8.81. The summed E-state index contributed by atoms with van der Waals surface area (Å²) in [6.45, 7) is 1.04. The van der Waals surface area contributed by atoms with E-state index in [2.05, 4.69) is 20.7 Å². The van der Waals surface area contributed by atoms with Gasteiger partial charge in [-0.2, -0.15) is 5.10 Å². The van der Waals surface area contributed by atoms with Crippen LogP contribution in [0.25, 0.3) is 22.4 Å². The van der Waals surface area contributed by atoms with Crippen LogP contribution in [0.4, 0.5) is 0 Å². The van der Waals surface area contributed by atoms with Crippen molar-refractivity contribution >= 4 is 11.2 Å². The minimum absolute atomic E-state index is 0.963. The standard InChI is InChI=1S/C13H13N5/c1-17-8-9(7-14-17)10-4-5-11-13(16-10)18-6-2-3-12(18)15-11/h4-5,7-8H,2-3,6H2,1H3. The molecule has 4 rings (SSSR count). The second kappa shape index (κ2) is 3.41. The maximum atomic E-state index is 4.74. The third kappa shape index (κ3) is 1.30. The molecule has 3 aromatic heterocycles. The van der Waals surface area contributed by atoms with E-state index >= 15 is 0 Å². The van der Waals surface area contributed by atoms with Crippen LogP contribution < -0.4 is 0 Å². The maximum Gasteiger partial charge on any atom is 0.160 e. The fourth-order valence-corrected chi connectivity index (χ4v) is 2.58. The summed E-state index contributed by atoms with van der Waals surface area (Å²) < 4.78 is 4.03. The number of nitrogens with zero attached hydrogens (tertiary/aromatic N) is 5. The summed E-state index contributed by atoms with van der Waals surface area (Å²) in [5.41, 5.74) is 4.01. The molecule has 1 aliphatic heterocycles. The lowest BCUT2D eigenvalue weighted by molar-refractivity contribution is 0.764. The Morgan fingerprint density at radius 1 is 1.22 bits per heavy atom. The Hall–Kier alpha value is -2.17. The molecular formula is C13H13N5. The number of hydrogen-bond donors (Lipinski definition) is 0. The molecule has 5 nitrogen and oxygen atoms in total. The second-order valence-electron chi connectivity index (χ2n) is 4.73. The summed E-state index contributed by atoms with van der Waals surface area (Å²) >= 11 is 0. The fraction of sp³-hybridized carbons (Fsp3) is 0.308. The highest BCUT2D eigenvalue weighted by molar-refractivity contribution is 5.76. The minimum Gasteiger partial charge on any atom is -0.313 e. The molecule has 0 radical (unpaired) electrons. The van der Waals surface area contributed by atoms with Crippen molar-refractivity contribution in [3.63, 3.8) is 0 Å². The van der Waals surface area contributed by atoms with Crippen LogP contribution in [0, 0.1) is 0 Å². The van der Waals surface area contributed by atoms with E-state index in [1.54, 1.807) is 4.68 Å². The molecule has 0 N–H and O–H groups in total. The average molecular weight is 239 g/mol. The monoisotopic (exact) mass is 239 g/mol. The molecule has 0 bridgehead atoms. The highest BCUT2D eigenvalue weighted by atomic mass is 15.2. The molecule has 0 saturated heterocycles. The number of fused-ring (bicyclic) bond motifs is 3. The SMILES string of the molecule is Cn1cc(-c2ccc3nc4n(c3n2)CCC4)cn1. The van der Waals surface area contributed by atoms with Gasteiger partial charge in [0.05, 0.1) is 11.9 Å². The van der Waals surface area contributed by atoms with E-state index in [1.807, 2.05) is 25.5 Å². The van der Waals surface area contributed by atoms with Gasteiger partial charge in [0.1, 0.15) is 11.3 Å². The summed E-state index contributed by atoms with van der Waals surface area (Å²) in [4.78, 5) is 9.35. The van der Waals surface area contributed by atoms with E-state index in [9.17, 15) is 0 Å². The van der Waals surface area contributed by atoms with Crippen molar-refractivity contribution in [2.24, 2.45) is 7.05 Å². The molecular weight excluding hydrogens is 226 g/mol. The molecule has 90 valence electrons. The molecule has 5 heteroatoms. The maximum absolute atomic E-state index is 4.74. The molecule has 18 heavy (non-hydrogen) atoms. The van der Waals surface area contributed by atoms with Crippen molar-refractivity contribution in [3.05, 3.63) is 30.4 Å². The highest BCUT2D eigenvalue weighted by Crippen LogP contribution is 2.24. The lowest BCUT2D eigenvalue weighted by atomic mass is 10.2. The van der Waals surface area contributed by atoms with E-state index in [-0.39, 0.29) is 0 Å². The van der Waals surface area contributed by atoms with E-state index in [0.717, 1.165) is 35.4 Å². The zero-order valence-corrected chi connectivity index (χ0v) is 10.2. The molecule has 0 aliphatic carbocycles. The van der Waals surface area contributed by atoms with E-state index in [1.165, 1.54) is 12.2 Å². The predicted octanol–water partition coefficient (Wildman–Crippen LogP) is 1.78. The minimum atomic E-state index is 0.963. The quantitative estimate of drug-likeness (QED) is 0.650. The van der Waals surface area contributed by atoms with Crippen molar-refractivity contribution in [1.82, 2.24) is 24.3 Å². The van der Waals surface area contributed by atoms with Gasteiger partial charge in [0.25, 0.3) is 0 Å². The van der Waals surface area contributed by atoms with Crippen LogP contribution >= 0.6 is 0 Å². The fourth-order valence-electron chi connectivity index (χ4n) is 2.58. The summed E-state index contributed by atoms with van der Waals surface area (Å²) in [6, 6.07) is 4.07. The van der Waals surface area contributed by atoms with Crippen LogP contribution in [0.15, 0.2) is 24.5 Å². The normalized spacial score (nSPS) is 14.3. The van der Waals surface area contributed by atoms with Gasteiger partial charge in [-0.05, 0) is 18.6 Å². The third-order valence-electron chi connectivity index (χ3n) is 3.45. The Balaban J connectivity index is 1.93. The van der Waals surface area contributed by atoms with Crippen molar-refractivity contribution in [1.29, 1.82) is 0 Å². The number of rotatable bonds is 1. The zero-order chi connectivity index (χ0) is 12.1. The molecule has 0 spiro atoms. The molecule has 0 aromatic carbocycles. The highest BCUT2D eigenvalue weighted by Gasteiger charge is 2.17. The summed E-state index contributed by atoms with van der Waals surface area (Å²) in [5.74, 6) is 1.17. The van der Waals surface area contributed by atoms with Crippen LogP contribution in [0.3, 0.4) is 0 Å². The van der Waals surface area contributed by atoms with Gasteiger partial charge in [0.2, 0.25) is 0 Å². The van der Waals surface area contributed by atoms with Gasteiger partial charge < -0.3 is 4.57 Å². The summed E-state index contributed by atoms with van der Waals surface area (Å²) in [7, 11) is 1.92. The van der Waals surface area contributed by atoms with E-state index in [4.69, 9.17) is 4.98 Å². The zero-order valence-electron chi connectivity index (χ0n) is 10.2. The topological polar surface area (TPSA) is 48.5 Å². The van der Waals surface area contributed by atoms with Gasteiger partial charge in [-0.25, -0.2) is 9.97 Å². The Bertz CT molecular complexity index is 737. The smallest absolute Gasteiger partial charge is 0.160 e. The van der Waals surface area contributed by atoms with Gasteiger partial charge in [-0.15, -0.1) is 0 Å². The second-order valence-corrected chi connectivity index (χ2v) is 4.73. The average Bonchev–Trinajstić information content (AvgIpc) is 3.03. The van der Waals surface area contributed by atoms with Crippen LogP contribution in [-0.4, -0.2) is 24.3 Å². The van der Waals surface area contributed by atoms with E-state index < -0.39 is 0 Å².